The molecule has 26 heavy (non-hydrogen) atoms. The number of sulfone groups is 1. The van der Waals surface area contributed by atoms with E-state index in [1.807, 2.05) is 0 Å². The number of carbonyl (C=O) groups excluding carboxylic acids is 1. The third-order valence-corrected chi connectivity index (χ3v) is 7.29. The van der Waals surface area contributed by atoms with Crippen molar-refractivity contribution in [3.05, 3.63) is 30.3 Å². The van der Waals surface area contributed by atoms with Gasteiger partial charge in [0.05, 0.1) is 16.9 Å². The summed E-state index contributed by atoms with van der Waals surface area (Å²) >= 11 is 0. The van der Waals surface area contributed by atoms with E-state index in [4.69, 9.17) is 0 Å². The van der Waals surface area contributed by atoms with Gasteiger partial charge < -0.3 is 5.32 Å². The van der Waals surface area contributed by atoms with Crippen LogP contribution in [0.25, 0.3) is 0 Å². The summed E-state index contributed by atoms with van der Waals surface area (Å²) in [4.78, 5) is 14.2. The van der Waals surface area contributed by atoms with Crippen LogP contribution in [-0.2, 0) is 24.7 Å². The largest absolute Gasteiger partial charge is 0.355 e. The van der Waals surface area contributed by atoms with Crippen molar-refractivity contribution in [2.75, 3.05) is 51.3 Å². The number of piperazine rings is 1. The zero-order chi connectivity index (χ0) is 19.2. The summed E-state index contributed by atoms with van der Waals surface area (Å²) in [6, 6.07) is 8.07. The van der Waals surface area contributed by atoms with Crippen molar-refractivity contribution in [1.82, 2.24) is 14.5 Å². The van der Waals surface area contributed by atoms with Gasteiger partial charge in [0.2, 0.25) is 15.9 Å². The minimum Gasteiger partial charge on any atom is -0.355 e. The Morgan fingerprint density at radius 3 is 2.23 bits per heavy atom. The number of nitrogens with zero attached hydrogens (tertiary/aromatic N) is 2. The van der Waals surface area contributed by atoms with Crippen molar-refractivity contribution in [3.63, 3.8) is 0 Å². The first-order valence-electron chi connectivity index (χ1n) is 8.40. The molecule has 1 aliphatic heterocycles. The summed E-state index contributed by atoms with van der Waals surface area (Å²) in [5.74, 6) is -0.533. The van der Waals surface area contributed by atoms with Crippen LogP contribution >= 0.6 is 0 Å². The monoisotopic (exact) mass is 403 g/mol. The average molecular weight is 404 g/mol. The summed E-state index contributed by atoms with van der Waals surface area (Å²) in [6.07, 6.45) is 1.12. The SMILES string of the molecule is CS(=O)(=O)N1CCN(CCNC(=O)CCS(=O)(=O)c2ccccc2)CC1. The predicted octanol–water partition coefficient (Wildman–Crippen LogP) is -0.456. The van der Waals surface area contributed by atoms with Gasteiger partial charge in [0.1, 0.15) is 0 Å². The maximum Gasteiger partial charge on any atom is 0.221 e. The summed E-state index contributed by atoms with van der Waals surface area (Å²) in [5, 5.41) is 2.72. The summed E-state index contributed by atoms with van der Waals surface area (Å²) in [6.45, 7) is 3.14. The van der Waals surface area contributed by atoms with E-state index in [0.29, 0.717) is 39.3 Å². The normalized spacial score (nSPS) is 17.1. The van der Waals surface area contributed by atoms with Crippen LogP contribution in [0.3, 0.4) is 0 Å². The molecule has 1 aliphatic rings. The van der Waals surface area contributed by atoms with Crippen molar-refractivity contribution in [2.45, 2.75) is 11.3 Å². The van der Waals surface area contributed by atoms with Crippen molar-refractivity contribution in [3.8, 4) is 0 Å². The molecule has 0 radical (unpaired) electrons. The summed E-state index contributed by atoms with van der Waals surface area (Å²) < 4.78 is 48.6. The van der Waals surface area contributed by atoms with Gasteiger partial charge in [-0.1, -0.05) is 18.2 Å². The molecule has 0 aromatic heterocycles. The van der Waals surface area contributed by atoms with Crippen LogP contribution in [0.4, 0.5) is 0 Å². The highest BCUT2D eigenvalue weighted by Gasteiger charge is 2.23. The molecule has 0 unspecified atom stereocenters. The number of amides is 1. The maximum absolute atomic E-state index is 12.1. The van der Waals surface area contributed by atoms with E-state index < -0.39 is 19.9 Å². The van der Waals surface area contributed by atoms with Gasteiger partial charge in [0, 0.05) is 45.7 Å². The summed E-state index contributed by atoms with van der Waals surface area (Å²) in [7, 11) is -6.60. The second-order valence-corrected chi connectivity index (χ2v) is 10.3. The highest BCUT2D eigenvalue weighted by Crippen LogP contribution is 2.11. The van der Waals surface area contributed by atoms with E-state index >= 15 is 0 Å². The zero-order valence-electron chi connectivity index (χ0n) is 14.8. The number of carbonyl (C=O) groups is 1. The first-order valence-corrected chi connectivity index (χ1v) is 11.9. The Morgan fingerprint density at radius 1 is 1.04 bits per heavy atom. The lowest BCUT2D eigenvalue weighted by molar-refractivity contribution is -0.120. The molecule has 1 saturated heterocycles. The molecule has 1 aromatic rings. The lowest BCUT2D eigenvalue weighted by atomic mass is 10.3. The number of benzene rings is 1. The fourth-order valence-electron chi connectivity index (χ4n) is 2.70. The third kappa shape index (κ3) is 6.35. The molecular weight excluding hydrogens is 378 g/mol. The van der Waals surface area contributed by atoms with E-state index in [1.165, 1.54) is 22.7 Å². The van der Waals surface area contributed by atoms with Crippen molar-refractivity contribution >= 4 is 25.8 Å². The highest BCUT2D eigenvalue weighted by atomic mass is 32.2. The third-order valence-electron chi connectivity index (χ3n) is 4.25. The van der Waals surface area contributed by atoms with E-state index in [1.54, 1.807) is 18.2 Å². The van der Waals surface area contributed by atoms with Crippen LogP contribution in [-0.4, -0.2) is 83.2 Å². The number of nitrogens with one attached hydrogen (secondary N) is 1. The molecule has 1 heterocycles. The predicted molar refractivity (Wildman–Crippen MR) is 99.0 cm³/mol. The molecule has 146 valence electrons. The molecule has 2 rings (SSSR count). The number of rotatable bonds is 8. The first kappa shape index (κ1) is 20.8. The molecule has 0 spiro atoms. The van der Waals surface area contributed by atoms with E-state index in [9.17, 15) is 21.6 Å². The smallest absolute Gasteiger partial charge is 0.221 e. The number of sulfonamides is 1. The molecule has 8 nitrogen and oxygen atoms in total. The quantitative estimate of drug-likeness (QED) is 0.630. The Morgan fingerprint density at radius 2 is 1.65 bits per heavy atom. The van der Waals surface area contributed by atoms with Crippen molar-refractivity contribution in [1.29, 1.82) is 0 Å². The molecule has 1 amide bonds. The Balaban J connectivity index is 1.67. The molecule has 0 saturated carbocycles. The van der Waals surface area contributed by atoms with Gasteiger partial charge in [-0.25, -0.2) is 16.8 Å². The van der Waals surface area contributed by atoms with Crippen LogP contribution in [0.1, 0.15) is 6.42 Å². The van der Waals surface area contributed by atoms with Gasteiger partial charge in [-0.2, -0.15) is 4.31 Å². The van der Waals surface area contributed by atoms with Gasteiger partial charge in [-0.3, -0.25) is 9.69 Å². The van der Waals surface area contributed by atoms with Crippen molar-refractivity contribution < 1.29 is 21.6 Å². The molecule has 1 N–H and O–H groups in total. The van der Waals surface area contributed by atoms with Gasteiger partial charge in [0.15, 0.2) is 9.84 Å². The minimum absolute atomic E-state index is 0.0842. The van der Waals surface area contributed by atoms with Crippen molar-refractivity contribution in [2.24, 2.45) is 0 Å². The molecule has 0 atom stereocenters. The molecule has 0 bridgehead atoms. The van der Waals surface area contributed by atoms with Crippen LogP contribution in [0.2, 0.25) is 0 Å². The molecule has 1 fully saturated rings. The lowest BCUT2D eigenvalue weighted by Crippen LogP contribution is -2.49. The Labute approximate surface area is 155 Å². The first-order chi connectivity index (χ1) is 12.2. The Kier molecular flexibility index (Phi) is 7.16. The minimum atomic E-state index is -3.45. The van der Waals surface area contributed by atoms with Crippen LogP contribution in [0.15, 0.2) is 35.2 Å². The van der Waals surface area contributed by atoms with Gasteiger partial charge in [-0.05, 0) is 12.1 Å². The molecule has 10 heteroatoms. The maximum atomic E-state index is 12.1. The van der Waals surface area contributed by atoms with Gasteiger partial charge in [-0.15, -0.1) is 0 Å². The lowest BCUT2D eigenvalue weighted by Gasteiger charge is -2.33. The molecule has 0 aliphatic carbocycles. The summed E-state index contributed by atoms with van der Waals surface area (Å²) in [5.41, 5.74) is 0. The second kappa shape index (κ2) is 8.94. The fourth-order valence-corrected chi connectivity index (χ4v) is 4.79. The number of hydrogen-bond acceptors (Lipinski definition) is 6. The van der Waals surface area contributed by atoms with Crippen LogP contribution in [0, 0.1) is 0 Å². The van der Waals surface area contributed by atoms with Gasteiger partial charge in [0.25, 0.3) is 0 Å². The zero-order valence-corrected chi connectivity index (χ0v) is 16.4. The fraction of sp³-hybridized carbons (Fsp3) is 0.562. The molecular formula is C16H25N3O5S2. The second-order valence-electron chi connectivity index (χ2n) is 6.24. The van der Waals surface area contributed by atoms with E-state index in [0.717, 1.165) is 0 Å². The Hall–Kier alpha value is -1.49. The Bertz CT molecular complexity index is 802. The van der Waals surface area contributed by atoms with Gasteiger partial charge >= 0.3 is 0 Å². The standard InChI is InChI=1S/C16H25N3O5S2/c1-25(21,22)19-12-10-18(11-13-19)9-8-17-16(20)7-14-26(23,24)15-5-3-2-4-6-15/h2-6H,7-14H2,1H3,(H,17,20). The molecule has 1 aromatic carbocycles. The van der Waals surface area contributed by atoms with E-state index in [2.05, 4.69) is 10.2 Å². The topological polar surface area (TPSA) is 104 Å². The highest BCUT2D eigenvalue weighted by molar-refractivity contribution is 7.91. The van der Waals surface area contributed by atoms with Crippen LogP contribution in [0.5, 0.6) is 0 Å². The van der Waals surface area contributed by atoms with Crippen LogP contribution < -0.4 is 5.32 Å². The van der Waals surface area contributed by atoms with E-state index in [-0.39, 0.29) is 23.0 Å². The number of hydrogen-bond donors (Lipinski definition) is 1. The average Bonchev–Trinajstić information content (AvgIpc) is 2.60.